The highest BCUT2D eigenvalue weighted by Crippen LogP contribution is 2.18. The van der Waals surface area contributed by atoms with Crippen LogP contribution in [0.4, 0.5) is 5.69 Å². The lowest BCUT2D eigenvalue weighted by Gasteiger charge is -2.23. The van der Waals surface area contributed by atoms with Crippen LogP contribution < -0.4 is 4.90 Å². The van der Waals surface area contributed by atoms with Crippen LogP contribution in [-0.2, 0) is 0 Å². The number of aliphatic hydroxyl groups excluding tert-OH is 2. The van der Waals surface area contributed by atoms with Crippen molar-refractivity contribution in [2.75, 3.05) is 31.2 Å². The molecule has 0 aromatic heterocycles. The van der Waals surface area contributed by atoms with Crippen molar-refractivity contribution in [2.24, 2.45) is 0 Å². The summed E-state index contributed by atoms with van der Waals surface area (Å²) in [5, 5.41) is 26.6. The van der Waals surface area contributed by atoms with E-state index in [0.717, 1.165) is 11.3 Å². The predicted molar refractivity (Wildman–Crippen MR) is 62.3 cm³/mol. The molecule has 1 aromatic carbocycles. The largest absolute Gasteiger partial charge is 0.395 e. The van der Waals surface area contributed by atoms with E-state index in [4.69, 9.17) is 15.5 Å². The quantitative estimate of drug-likeness (QED) is 0.765. The Bertz CT molecular complexity index is 379. The van der Waals surface area contributed by atoms with Crippen molar-refractivity contribution < 1.29 is 10.2 Å². The molecule has 0 fully saturated rings. The minimum atomic E-state index is 0.0407. The van der Waals surface area contributed by atoms with Crippen LogP contribution in [0.5, 0.6) is 0 Å². The number of aryl methyl sites for hydroxylation is 1. The van der Waals surface area contributed by atoms with E-state index in [1.54, 1.807) is 6.07 Å². The second-order valence-corrected chi connectivity index (χ2v) is 3.55. The van der Waals surface area contributed by atoms with E-state index in [2.05, 4.69) is 6.07 Å². The van der Waals surface area contributed by atoms with Crippen LogP contribution >= 0.6 is 0 Å². The van der Waals surface area contributed by atoms with Gasteiger partial charge in [0.2, 0.25) is 0 Å². The maximum Gasteiger partial charge on any atom is 0.0994 e. The van der Waals surface area contributed by atoms with Crippen LogP contribution in [0.3, 0.4) is 0 Å². The molecule has 1 aromatic rings. The minimum Gasteiger partial charge on any atom is -0.395 e. The lowest BCUT2D eigenvalue weighted by molar-refractivity contribution is 0.281. The molecule has 0 heterocycles. The van der Waals surface area contributed by atoms with Gasteiger partial charge in [-0.15, -0.1) is 0 Å². The van der Waals surface area contributed by atoms with E-state index in [0.29, 0.717) is 18.7 Å². The van der Waals surface area contributed by atoms with Gasteiger partial charge in [0.1, 0.15) is 0 Å². The third kappa shape index (κ3) is 2.96. The van der Waals surface area contributed by atoms with Gasteiger partial charge < -0.3 is 15.1 Å². The van der Waals surface area contributed by atoms with Crippen LogP contribution in [-0.4, -0.2) is 36.5 Å². The van der Waals surface area contributed by atoms with Gasteiger partial charge in [-0.05, 0) is 30.7 Å². The van der Waals surface area contributed by atoms with Crippen molar-refractivity contribution in [3.05, 3.63) is 29.3 Å². The molecule has 0 saturated carbocycles. The number of aliphatic hydroxyl groups is 2. The molecular weight excluding hydrogens is 204 g/mol. The molecule has 0 aliphatic carbocycles. The Kier molecular flexibility index (Phi) is 4.77. The summed E-state index contributed by atoms with van der Waals surface area (Å²) in [7, 11) is 0. The molecule has 2 N–H and O–H groups in total. The molecule has 0 aliphatic rings. The van der Waals surface area contributed by atoms with E-state index in [-0.39, 0.29) is 13.2 Å². The molecule has 0 unspecified atom stereocenters. The van der Waals surface area contributed by atoms with E-state index < -0.39 is 0 Å². The smallest absolute Gasteiger partial charge is 0.0994 e. The zero-order chi connectivity index (χ0) is 12.0. The van der Waals surface area contributed by atoms with E-state index in [9.17, 15) is 0 Å². The summed E-state index contributed by atoms with van der Waals surface area (Å²) in [5.74, 6) is 0. The van der Waals surface area contributed by atoms with Gasteiger partial charge in [-0.3, -0.25) is 0 Å². The maximum absolute atomic E-state index is 8.92. The van der Waals surface area contributed by atoms with E-state index >= 15 is 0 Å². The molecule has 16 heavy (non-hydrogen) atoms. The Morgan fingerprint density at radius 2 is 1.88 bits per heavy atom. The topological polar surface area (TPSA) is 67.5 Å². The number of rotatable bonds is 5. The van der Waals surface area contributed by atoms with Crippen molar-refractivity contribution in [3.63, 3.8) is 0 Å². The number of hydrogen-bond acceptors (Lipinski definition) is 4. The summed E-state index contributed by atoms with van der Waals surface area (Å²) < 4.78 is 0. The second kappa shape index (κ2) is 6.11. The Labute approximate surface area is 95.4 Å². The Morgan fingerprint density at radius 1 is 1.25 bits per heavy atom. The van der Waals surface area contributed by atoms with Gasteiger partial charge in [0, 0.05) is 18.8 Å². The molecule has 0 saturated heterocycles. The monoisotopic (exact) mass is 220 g/mol. The van der Waals surface area contributed by atoms with Gasteiger partial charge in [0.05, 0.1) is 24.8 Å². The van der Waals surface area contributed by atoms with Crippen molar-refractivity contribution in [1.29, 1.82) is 5.26 Å². The van der Waals surface area contributed by atoms with Crippen LogP contribution in [0, 0.1) is 18.3 Å². The van der Waals surface area contributed by atoms with Gasteiger partial charge >= 0.3 is 0 Å². The molecule has 0 amide bonds. The summed E-state index contributed by atoms with van der Waals surface area (Å²) in [5.41, 5.74) is 2.47. The van der Waals surface area contributed by atoms with Gasteiger partial charge in [-0.1, -0.05) is 0 Å². The minimum absolute atomic E-state index is 0.0407. The van der Waals surface area contributed by atoms with Crippen LogP contribution in [0.15, 0.2) is 18.2 Å². The Hall–Kier alpha value is -1.57. The zero-order valence-corrected chi connectivity index (χ0v) is 9.35. The first-order valence-electron chi connectivity index (χ1n) is 5.20. The second-order valence-electron chi connectivity index (χ2n) is 3.55. The summed E-state index contributed by atoms with van der Waals surface area (Å²) in [6.07, 6.45) is 0. The third-order valence-electron chi connectivity index (χ3n) is 2.44. The molecular formula is C12H16N2O2. The molecule has 4 heteroatoms. The van der Waals surface area contributed by atoms with Gasteiger partial charge in [0.25, 0.3) is 0 Å². The molecule has 0 aliphatic heterocycles. The van der Waals surface area contributed by atoms with Gasteiger partial charge in [-0.2, -0.15) is 5.26 Å². The molecule has 0 bridgehead atoms. The molecule has 0 radical (unpaired) electrons. The van der Waals surface area contributed by atoms with Crippen molar-refractivity contribution in [2.45, 2.75) is 6.92 Å². The van der Waals surface area contributed by atoms with E-state index in [1.165, 1.54) is 0 Å². The summed E-state index contributed by atoms with van der Waals surface area (Å²) in [6.45, 7) is 2.91. The highest BCUT2D eigenvalue weighted by molar-refractivity contribution is 5.53. The Morgan fingerprint density at radius 3 is 2.31 bits per heavy atom. The summed E-state index contributed by atoms with van der Waals surface area (Å²) in [4.78, 5) is 1.88. The Balaban J connectivity index is 2.93. The molecule has 1 rings (SSSR count). The molecule has 4 nitrogen and oxygen atoms in total. The number of hydrogen-bond donors (Lipinski definition) is 2. The lowest BCUT2D eigenvalue weighted by Crippen LogP contribution is -2.29. The molecule has 0 atom stereocenters. The fourth-order valence-electron chi connectivity index (χ4n) is 1.58. The van der Waals surface area contributed by atoms with Crippen molar-refractivity contribution in [3.8, 4) is 6.07 Å². The third-order valence-corrected chi connectivity index (χ3v) is 2.44. The highest BCUT2D eigenvalue weighted by Gasteiger charge is 2.06. The maximum atomic E-state index is 8.92. The number of nitrogens with zero attached hydrogens (tertiary/aromatic N) is 2. The normalized spacial score (nSPS) is 9.88. The van der Waals surface area contributed by atoms with Crippen LogP contribution in [0.1, 0.15) is 11.1 Å². The van der Waals surface area contributed by atoms with Crippen molar-refractivity contribution >= 4 is 5.69 Å². The molecule has 0 spiro atoms. The van der Waals surface area contributed by atoms with Crippen molar-refractivity contribution in [1.82, 2.24) is 0 Å². The number of anilines is 1. The summed E-state index contributed by atoms with van der Waals surface area (Å²) >= 11 is 0. The first kappa shape index (κ1) is 12.5. The standard InChI is InChI=1S/C12H16N2O2/c1-10-8-12(3-2-11(10)9-13)14(4-6-15)5-7-16/h2-3,8,15-16H,4-7H2,1H3. The molecule has 86 valence electrons. The summed E-state index contributed by atoms with van der Waals surface area (Å²) in [6, 6.07) is 7.59. The first-order valence-corrected chi connectivity index (χ1v) is 5.20. The van der Waals surface area contributed by atoms with E-state index in [1.807, 2.05) is 24.0 Å². The van der Waals surface area contributed by atoms with Crippen LogP contribution in [0.2, 0.25) is 0 Å². The number of benzene rings is 1. The first-order chi connectivity index (χ1) is 7.72. The average molecular weight is 220 g/mol. The average Bonchev–Trinajstić information content (AvgIpc) is 2.28. The lowest BCUT2D eigenvalue weighted by atomic mass is 10.1. The number of nitriles is 1. The van der Waals surface area contributed by atoms with Crippen LogP contribution in [0.25, 0.3) is 0 Å². The SMILES string of the molecule is Cc1cc(N(CCO)CCO)ccc1C#N. The fourth-order valence-corrected chi connectivity index (χ4v) is 1.58. The van der Waals surface area contributed by atoms with Gasteiger partial charge in [-0.25, -0.2) is 0 Å². The van der Waals surface area contributed by atoms with Gasteiger partial charge in [0.15, 0.2) is 0 Å². The zero-order valence-electron chi connectivity index (χ0n) is 9.35. The highest BCUT2D eigenvalue weighted by atomic mass is 16.3. The predicted octanol–water partition coefficient (Wildman–Crippen LogP) is 0.658. The fraction of sp³-hybridized carbons (Fsp3) is 0.417.